The molecule has 5 heteroatoms. The standard InChI is InChI=1S/C13H13FN2OS/c1-16(10-6-15-7-10)13(17)12-4-8-2-3-9(14)5-11(8)18-12/h2-5,10,15H,6-7H2,1H3. The van der Waals surface area contributed by atoms with Crippen molar-refractivity contribution >= 4 is 27.3 Å². The van der Waals surface area contributed by atoms with Crippen molar-refractivity contribution in [1.82, 2.24) is 10.2 Å². The maximum Gasteiger partial charge on any atom is 0.264 e. The summed E-state index contributed by atoms with van der Waals surface area (Å²) >= 11 is 1.35. The zero-order valence-electron chi connectivity index (χ0n) is 9.94. The number of nitrogens with one attached hydrogen (secondary N) is 1. The second kappa shape index (κ2) is 4.33. The number of nitrogens with zero attached hydrogens (tertiary/aromatic N) is 1. The summed E-state index contributed by atoms with van der Waals surface area (Å²) in [6.07, 6.45) is 0. The number of thiophene rings is 1. The Morgan fingerprint density at radius 1 is 1.44 bits per heavy atom. The highest BCUT2D eigenvalue weighted by Gasteiger charge is 2.26. The Morgan fingerprint density at radius 2 is 2.22 bits per heavy atom. The maximum absolute atomic E-state index is 13.1. The number of hydrogen-bond acceptors (Lipinski definition) is 3. The minimum atomic E-state index is -0.264. The number of likely N-dealkylation sites (N-methyl/N-ethyl adjacent to an activating group) is 1. The fourth-order valence-corrected chi connectivity index (χ4v) is 3.07. The van der Waals surface area contributed by atoms with E-state index in [4.69, 9.17) is 0 Å². The monoisotopic (exact) mass is 264 g/mol. The molecule has 1 saturated heterocycles. The predicted octanol–water partition coefficient (Wildman–Crippen LogP) is 2.08. The van der Waals surface area contributed by atoms with E-state index in [0.717, 1.165) is 23.2 Å². The third-order valence-corrected chi connectivity index (χ3v) is 4.41. The molecule has 0 spiro atoms. The van der Waals surface area contributed by atoms with Crippen molar-refractivity contribution in [2.24, 2.45) is 0 Å². The molecule has 94 valence electrons. The molecular weight excluding hydrogens is 251 g/mol. The molecule has 3 nitrogen and oxygen atoms in total. The number of halogens is 1. The SMILES string of the molecule is CN(C(=O)c1cc2ccc(F)cc2s1)C1CNC1. The van der Waals surface area contributed by atoms with E-state index < -0.39 is 0 Å². The third kappa shape index (κ3) is 1.89. The van der Waals surface area contributed by atoms with Crippen molar-refractivity contribution in [1.29, 1.82) is 0 Å². The van der Waals surface area contributed by atoms with E-state index in [-0.39, 0.29) is 17.8 Å². The van der Waals surface area contributed by atoms with Crippen LogP contribution in [0.15, 0.2) is 24.3 Å². The van der Waals surface area contributed by atoms with Crippen LogP contribution in [0.25, 0.3) is 10.1 Å². The quantitative estimate of drug-likeness (QED) is 0.900. The highest BCUT2D eigenvalue weighted by molar-refractivity contribution is 7.20. The molecule has 0 bridgehead atoms. The minimum Gasteiger partial charge on any atom is -0.335 e. The Hall–Kier alpha value is -1.46. The van der Waals surface area contributed by atoms with Crippen LogP contribution in [0.2, 0.25) is 0 Å². The number of benzene rings is 1. The van der Waals surface area contributed by atoms with Crippen molar-refractivity contribution in [3.8, 4) is 0 Å². The molecule has 2 aromatic rings. The van der Waals surface area contributed by atoms with Gasteiger partial charge in [-0.3, -0.25) is 4.79 Å². The fourth-order valence-electron chi connectivity index (χ4n) is 2.00. The molecule has 1 aliphatic rings. The Bertz CT molecular complexity index is 606. The summed E-state index contributed by atoms with van der Waals surface area (Å²) in [5, 5.41) is 4.06. The summed E-state index contributed by atoms with van der Waals surface area (Å²) in [5.74, 6) is -0.247. The van der Waals surface area contributed by atoms with Crippen LogP contribution in [0.5, 0.6) is 0 Å². The molecule has 0 aliphatic carbocycles. The summed E-state index contributed by atoms with van der Waals surface area (Å²) in [7, 11) is 1.82. The number of carbonyl (C=O) groups is 1. The molecule has 0 saturated carbocycles. The van der Waals surface area contributed by atoms with Crippen LogP contribution >= 0.6 is 11.3 Å². The summed E-state index contributed by atoms with van der Waals surface area (Å²) < 4.78 is 13.9. The van der Waals surface area contributed by atoms with Gasteiger partial charge in [-0.05, 0) is 23.6 Å². The zero-order chi connectivity index (χ0) is 12.7. The smallest absolute Gasteiger partial charge is 0.264 e. The van der Waals surface area contributed by atoms with Gasteiger partial charge < -0.3 is 10.2 Å². The lowest BCUT2D eigenvalue weighted by Crippen LogP contribution is -2.57. The second-order valence-corrected chi connectivity index (χ2v) is 5.60. The van der Waals surface area contributed by atoms with Gasteiger partial charge in [0.15, 0.2) is 0 Å². The van der Waals surface area contributed by atoms with Gasteiger partial charge in [-0.25, -0.2) is 4.39 Å². The normalized spacial score (nSPS) is 15.7. The van der Waals surface area contributed by atoms with Gasteiger partial charge >= 0.3 is 0 Å². The van der Waals surface area contributed by atoms with Gasteiger partial charge in [0, 0.05) is 24.8 Å². The molecule has 1 aromatic carbocycles. The summed E-state index contributed by atoms with van der Waals surface area (Å²) in [4.78, 5) is 14.7. The summed E-state index contributed by atoms with van der Waals surface area (Å²) in [6.45, 7) is 1.70. The van der Waals surface area contributed by atoms with Gasteiger partial charge in [0.1, 0.15) is 5.82 Å². The van der Waals surface area contributed by atoms with Gasteiger partial charge in [-0.2, -0.15) is 0 Å². The van der Waals surface area contributed by atoms with Crippen LogP contribution < -0.4 is 5.32 Å². The molecule has 1 aliphatic heterocycles. The molecule has 18 heavy (non-hydrogen) atoms. The van der Waals surface area contributed by atoms with E-state index in [1.54, 1.807) is 11.0 Å². The van der Waals surface area contributed by atoms with E-state index in [9.17, 15) is 9.18 Å². The first-order valence-corrected chi connectivity index (χ1v) is 6.64. The highest BCUT2D eigenvalue weighted by atomic mass is 32.1. The molecule has 0 radical (unpaired) electrons. The average Bonchev–Trinajstić information content (AvgIpc) is 2.68. The Labute approximate surface area is 108 Å². The van der Waals surface area contributed by atoms with E-state index in [1.165, 1.54) is 23.5 Å². The van der Waals surface area contributed by atoms with E-state index in [2.05, 4.69) is 5.32 Å². The molecule has 2 heterocycles. The van der Waals surface area contributed by atoms with E-state index in [1.807, 2.05) is 13.1 Å². The molecule has 0 atom stereocenters. The highest BCUT2D eigenvalue weighted by Crippen LogP contribution is 2.27. The van der Waals surface area contributed by atoms with Gasteiger partial charge in [0.2, 0.25) is 0 Å². The van der Waals surface area contributed by atoms with Crippen LogP contribution in [-0.2, 0) is 0 Å². The van der Waals surface area contributed by atoms with Crippen LogP contribution in [0.1, 0.15) is 9.67 Å². The molecule has 1 aromatic heterocycles. The topological polar surface area (TPSA) is 32.3 Å². The second-order valence-electron chi connectivity index (χ2n) is 4.52. The molecule has 0 unspecified atom stereocenters. The number of carbonyl (C=O) groups excluding carboxylic acids is 1. The molecule has 1 amide bonds. The molecule has 1 fully saturated rings. The van der Waals surface area contributed by atoms with Crippen molar-refractivity contribution in [2.75, 3.05) is 20.1 Å². The van der Waals surface area contributed by atoms with Crippen LogP contribution in [-0.4, -0.2) is 37.0 Å². The average molecular weight is 264 g/mol. The molecular formula is C13H13FN2OS. The Kier molecular flexibility index (Phi) is 2.80. The first-order chi connectivity index (χ1) is 8.65. The van der Waals surface area contributed by atoms with E-state index in [0.29, 0.717) is 4.88 Å². The van der Waals surface area contributed by atoms with Crippen molar-refractivity contribution in [3.05, 3.63) is 35.0 Å². The van der Waals surface area contributed by atoms with Gasteiger partial charge in [-0.1, -0.05) is 6.07 Å². The molecule has 1 N–H and O–H groups in total. The Morgan fingerprint density at radius 3 is 2.89 bits per heavy atom. The lowest BCUT2D eigenvalue weighted by Gasteiger charge is -2.35. The maximum atomic E-state index is 13.1. The van der Waals surface area contributed by atoms with Crippen molar-refractivity contribution in [2.45, 2.75) is 6.04 Å². The number of amides is 1. The first-order valence-electron chi connectivity index (χ1n) is 5.82. The van der Waals surface area contributed by atoms with Crippen LogP contribution in [0.3, 0.4) is 0 Å². The van der Waals surface area contributed by atoms with Crippen molar-refractivity contribution < 1.29 is 9.18 Å². The predicted molar refractivity (Wildman–Crippen MR) is 70.5 cm³/mol. The summed E-state index contributed by atoms with van der Waals surface area (Å²) in [5.41, 5.74) is 0. The third-order valence-electron chi connectivity index (χ3n) is 3.32. The minimum absolute atomic E-state index is 0.0168. The lowest BCUT2D eigenvalue weighted by atomic mass is 10.1. The lowest BCUT2D eigenvalue weighted by molar-refractivity contribution is 0.0686. The number of rotatable bonds is 2. The fraction of sp³-hybridized carbons (Fsp3) is 0.308. The van der Waals surface area contributed by atoms with E-state index >= 15 is 0 Å². The Balaban J connectivity index is 1.91. The van der Waals surface area contributed by atoms with Crippen molar-refractivity contribution in [3.63, 3.8) is 0 Å². The largest absolute Gasteiger partial charge is 0.335 e. The van der Waals surface area contributed by atoms with Gasteiger partial charge in [0.05, 0.1) is 10.9 Å². The zero-order valence-corrected chi connectivity index (χ0v) is 10.8. The van der Waals surface area contributed by atoms with Gasteiger partial charge in [-0.15, -0.1) is 11.3 Å². The number of hydrogen-bond donors (Lipinski definition) is 1. The van der Waals surface area contributed by atoms with Crippen LogP contribution in [0, 0.1) is 5.82 Å². The van der Waals surface area contributed by atoms with Crippen LogP contribution in [0.4, 0.5) is 4.39 Å². The first kappa shape index (κ1) is 11.6. The molecule has 3 rings (SSSR count). The summed E-state index contributed by atoms with van der Waals surface area (Å²) in [6, 6.07) is 6.72. The number of fused-ring (bicyclic) bond motifs is 1. The van der Waals surface area contributed by atoms with Gasteiger partial charge in [0.25, 0.3) is 5.91 Å².